The van der Waals surface area contributed by atoms with Gasteiger partial charge in [-0.3, -0.25) is 14.4 Å². The Bertz CT molecular complexity index is 1120. The second-order valence-electron chi connectivity index (χ2n) is 7.15. The van der Waals surface area contributed by atoms with E-state index in [4.69, 9.17) is 11.6 Å². The summed E-state index contributed by atoms with van der Waals surface area (Å²) in [6.45, 7) is 0.260. The molecule has 1 heterocycles. The highest BCUT2D eigenvalue weighted by Crippen LogP contribution is 2.31. The molecule has 0 unspecified atom stereocenters. The van der Waals surface area contributed by atoms with Crippen molar-refractivity contribution in [1.82, 2.24) is 10.3 Å². The first-order valence-corrected chi connectivity index (χ1v) is 9.76. The summed E-state index contributed by atoms with van der Waals surface area (Å²) in [6, 6.07) is 18.3. The Morgan fingerprint density at radius 2 is 1.76 bits per heavy atom. The lowest BCUT2D eigenvalue weighted by Gasteiger charge is -2.24. The SMILES string of the molecule is O=C1C[C@@H](c2ccccc2)Cc2[nH]c(=O)c(C(=O)NCc3ccc(Cl)cc3)cc21. The van der Waals surface area contributed by atoms with Crippen molar-refractivity contribution in [2.75, 3.05) is 0 Å². The molecule has 0 saturated carbocycles. The molecular formula is C23H19ClN2O3. The third kappa shape index (κ3) is 4.15. The lowest BCUT2D eigenvalue weighted by atomic mass is 9.81. The van der Waals surface area contributed by atoms with E-state index in [9.17, 15) is 14.4 Å². The van der Waals surface area contributed by atoms with E-state index in [1.54, 1.807) is 24.3 Å². The first-order chi connectivity index (χ1) is 14.0. The van der Waals surface area contributed by atoms with Crippen molar-refractivity contribution in [2.24, 2.45) is 0 Å². The molecule has 1 atom stereocenters. The van der Waals surface area contributed by atoms with Gasteiger partial charge >= 0.3 is 0 Å². The van der Waals surface area contributed by atoms with Crippen molar-refractivity contribution < 1.29 is 9.59 Å². The van der Waals surface area contributed by atoms with Crippen molar-refractivity contribution in [1.29, 1.82) is 0 Å². The molecule has 29 heavy (non-hydrogen) atoms. The number of carbonyl (C=O) groups is 2. The van der Waals surface area contributed by atoms with E-state index < -0.39 is 11.5 Å². The third-order valence-corrected chi connectivity index (χ3v) is 5.44. The minimum Gasteiger partial charge on any atom is -0.348 e. The molecule has 146 valence electrons. The Labute approximate surface area is 172 Å². The number of carbonyl (C=O) groups excluding carboxylic acids is 2. The van der Waals surface area contributed by atoms with Gasteiger partial charge in [0.1, 0.15) is 5.56 Å². The summed E-state index contributed by atoms with van der Waals surface area (Å²) in [5.41, 5.74) is 2.40. The van der Waals surface area contributed by atoms with Crippen LogP contribution in [-0.2, 0) is 13.0 Å². The molecule has 0 saturated heterocycles. The Kier molecular flexibility index (Phi) is 5.32. The van der Waals surface area contributed by atoms with Crippen molar-refractivity contribution in [2.45, 2.75) is 25.3 Å². The lowest BCUT2D eigenvalue weighted by molar-refractivity contribution is 0.0949. The van der Waals surface area contributed by atoms with Crippen LogP contribution in [-0.4, -0.2) is 16.7 Å². The van der Waals surface area contributed by atoms with Crippen LogP contribution >= 0.6 is 11.6 Å². The maximum absolute atomic E-state index is 12.7. The van der Waals surface area contributed by atoms with E-state index in [1.807, 2.05) is 30.3 Å². The lowest BCUT2D eigenvalue weighted by Crippen LogP contribution is -2.32. The number of benzene rings is 2. The van der Waals surface area contributed by atoms with Crippen LogP contribution in [0.4, 0.5) is 0 Å². The summed E-state index contributed by atoms with van der Waals surface area (Å²) >= 11 is 5.86. The van der Waals surface area contributed by atoms with Crippen LogP contribution in [0.15, 0.2) is 65.5 Å². The predicted octanol–water partition coefficient (Wildman–Crippen LogP) is 3.87. The number of hydrogen-bond acceptors (Lipinski definition) is 3. The molecule has 1 aromatic heterocycles. The van der Waals surface area contributed by atoms with Crippen molar-refractivity contribution in [3.8, 4) is 0 Å². The average Bonchev–Trinajstić information content (AvgIpc) is 2.73. The second kappa shape index (κ2) is 8.05. The number of aromatic amines is 1. The standard InChI is InChI=1S/C23H19ClN2O3/c24-17-8-6-14(7-9-17)13-25-22(28)19-12-18-20(26-23(19)29)10-16(11-21(18)27)15-4-2-1-3-5-15/h1-9,12,16H,10-11,13H2,(H,25,28)(H,26,29)/t16-/m0/s1. The quantitative estimate of drug-likeness (QED) is 0.690. The third-order valence-electron chi connectivity index (χ3n) is 5.19. The molecule has 0 spiro atoms. The Morgan fingerprint density at radius 1 is 1.03 bits per heavy atom. The Morgan fingerprint density at radius 3 is 2.48 bits per heavy atom. The second-order valence-corrected chi connectivity index (χ2v) is 7.59. The fraction of sp³-hybridized carbons (Fsp3) is 0.174. The van der Waals surface area contributed by atoms with E-state index in [2.05, 4.69) is 10.3 Å². The van der Waals surface area contributed by atoms with Gasteiger partial charge in [-0.25, -0.2) is 0 Å². The van der Waals surface area contributed by atoms with Crippen LogP contribution in [0.1, 0.15) is 49.9 Å². The molecule has 1 aliphatic carbocycles. The molecule has 1 aliphatic rings. The van der Waals surface area contributed by atoms with E-state index in [0.29, 0.717) is 29.1 Å². The molecule has 1 amide bonds. The van der Waals surface area contributed by atoms with Crippen molar-refractivity contribution in [3.05, 3.63) is 104 Å². The summed E-state index contributed by atoms with van der Waals surface area (Å²) in [7, 11) is 0. The van der Waals surface area contributed by atoms with Crippen LogP contribution in [0.5, 0.6) is 0 Å². The fourth-order valence-electron chi connectivity index (χ4n) is 3.64. The fourth-order valence-corrected chi connectivity index (χ4v) is 3.77. The normalized spacial score (nSPS) is 15.6. The van der Waals surface area contributed by atoms with Gasteiger partial charge in [-0.05, 0) is 41.7 Å². The maximum Gasteiger partial charge on any atom is 0.261 e. The molecular weight excluding hydrogens is 388 g/mol. The summed E-state index contributed by atoms with van der Waals surface area (Å²) in [5.74, 6) is -0.554. The maximum atomic E-state index is 12.7. The highest BCUT2D eigenvalue weighted by atomic mass is 35.5. The number of pyridine rings is 1. The summed E-state index contributed by atoms with van der Waals surface area (Å²) in [5, 5.41) is 3.33. The van der Waals surface area contributed by atoms with Gasteiger partial charge in [-0.15, -0.1) is 0 Å². The molecule has 3 aromatic rings. The average molecular weight is 407 g/mol. The van der Waals surface area contributed by atoms with E-state index >= 15 is 0 Å². The number of H-pyrrole nitrogens is 1. The van der Waals surface area contributed by atoms with Crippen LogP contribution in [0, 0.1) is 0 Å². The summed E-state index contributed by atoms with van der Waals surface area (Å²) in [4.78, 5) is 40.5. The zero-order valence-electron chi connectivity index (χ0n) is 15.6. The molecule has 6 heteroatoms. The van der Waals surface area contributed by atoms with Crippen LogP contribution in [0.2, 0.25) is 5.02 Å². The number of amides is 1. The number of aromatic nitrogens is 1. The van der Waals surface area contributed by atoms with E-state index in [-0.39, 0.29) is 23.8 Å². The number of hydrogen-bond donors (Lipinski definition) is 2. The van der Waals surface area contributed by atoms with Gasteiger partial charge in [0.15, 0.2) is 5.78 Å². The molecule has 0 bridgehead atoms. The van der Waals surface area contributed by atoms with Crippen molar-refractivity contribution >= 4 is 23.3 Å². The molecule has 0 radical (unpaired) electrons. The summed E-state index contributed by atoms with van der Waals surface area (Å²) < 4.78 is 0. The first kappa shape index (κ1) is 19.2. The zero-order valence-corrected chi connectivity index (χ0v) is 16.3. The van der Waals surface area contributed by atoms with E-state index in [0.717, 1.165) is 11.1 Å². The number of halogens is 1. The van der Waals surface area contributed by atoms with Gasteiger partial charge in [-0.1, -0.05) is 54.1 Å². The topological polar surface area (TPSA) is 79.0 Å². The molecule has 4 rings (SSSR count). The molecule has 2 N–H and O–H groups in total. The number of nitrogens with one attached hydrogen (secondary N) is 2. The molecule has 0 fully saturated rings. The van der Waals surface area contributed by atoms with Gasteiger partial charge in [-0.2, -0.15) is 0 Å². The first-order valence-electron chi connectivity index (χ1n) is 9.38. The number of fused-ring (bicyclic) bond motifs is 1. The minimum atomic E-state index is -0.512. The number of ketones is 1. The van der Waals surface area contributed by atoms with Crippen LogP contribution in [0.3, 0.4) is 0 Å². The zero-order chi connectivity index (χ0) is 20.4. The van der Waals surface area contributed by atoms with E-state index in [1.165, 1.54) is 6.07 Å². The van der Waals surface area contributed by atoms with Gasteiger partial charge in [0.2, 0.25) is 0 Å². The molecule has 5 nitrogen and oxygen atoms in total. The Balaban J connectivity index is 1.54. The highest BCUT2D eigenvalue weighted by Gasteiger charge is 2.28. The smallest absolute Gasteiger partial charge is 0.261 e. The van der Waals surface area contributed by atoms with Crippen molar-refractivity contribution in [3.63, 3.8) is 0 Å². The monoisotopic (exact) mass is 406 g/mol. The number of Topliss-reactive ketones (excluding diaryl/α,β-unsaturated/α-hetero) is 1. The largest absolute Gasteiger partial charge is 0.348 e. The Hall–Kier alpha value is -3.18. The highest BCUT2D eigenvalue weighted by molar-refractivity contribution is 6.30. The molecule has 0 aliphatic heterocycles. The predicted molar refractivity (Wildman–Crippen MR) is 112 cm³/mol. The van der Waals surface area contributed by atoms with Crippen LogP contribution < -0.4 is 10.9 Å². The van der Waals surface area contributed by atoms with Gasteiger partial charge < -0.3 is 10.3 Å². The summed E-state index contributed by atoms with van der Waals surface area (Å²) in [6.07, 6.45) is 0.919. The number of rotatable bonds is 4. The van der Waals surface area contributed by atoms with Gasteiger partial charge in [0, 0.05) is 29.2 Å². The molecule has 2 aromatic carbocycles. The van der Waals surface area contributed by atoms with Gasteiger partial charge in [0.25, 0.3) is 11.5 Å². The van der Waals surface area contributed by atoms with Crippen LogP contribution in [0.25, 0.3) is 0 Å². The minimum absolute atomic E-state index is 0.0245. The van der Waals surface area contributed by atoms with Gasteiger partial charge in [0.05, 0.1) is 0 Å².